The van der Waals surface area contributed by atoms with E-state index in [1.54, 1.807) is 4.90 Å². The van der Waals surface area contributed by atoms with Crippen molar-refractivity contribution in [3.05, 3.63) is 0 Å². The van der Waals surface area contributed by atoms with Crippen molar-refractivity contribution in [3.63, 3.8) is 0 Å². The highest BCUT2D eigenvalue weighted by molar-refractivity contribution is 5.77. The van der Waals surface area contributed by atoms with E-state index in [1.165, 1.54) is 0 Å². The average molecular weight is 298 g/mol. The molecule has 0 spiro atoms. The minimum atomic E-state index is -0.0186. The van der Waals surface area contributed by atoms with E-state index in [9.17, 15) is 9.59 Å². The topological polar surface area (TPSA) is 49.4 Å². The Bertz CT molecular complexity index is 343. The molecule has 0 rings (SSSR count). The van der Waals surface area contributed by atoms with Crippen molar-refractivity contribution in [3.8, 4) is 0 Å². The Kier molecular flexibility index (Phi) is 7.98. The van der Waals surface area contributed by atoms with Gasteiger partial charge in [-0.15, -0.1) is 0 Å². The molecule has 4 nitrogen and oxygen atoms in total. The lowest BCUT2D eigenvalue weighted by molar-refractivity contribution is -0.132. The molecular formula is C17H34N2O2. The van der Waals surface area contributed by atoms with Gasteiger partial charge in [-0.1, -0.05) is 34.6 Å². The molecule has 0 aliphatic rings. The number of hydrogen-bond acceptors (Lipinski definition) is 2. The molecular weight excluding hydrogens is 264 g/mol. The fourth-order valence-electron chi connectivity index (χ4n) is 2.15. The third-order valence-corrected chi connectivity index (χ3v) is 3.57. The van der Waals surface area contributed by atoms with E-state index in [1.807, 2.05) is 14.0 Å². The molecule has 0 heterocycles. The maximum atomic E-state index is 11.9. The van der Waals surface area contributed by atoms with Crippen LogP contribution in [0.3, 0.4) is 0 Å². The van der Waals surface area contributed by atoms with Crippen LogP contribution in [0.1, 0.15) is 67.2 Å². The zero-order valence-corrected chi connectivity index (χ0v) is 15.0. The summed E-state index contributed by atoms with van der Waals surface area (Å²) >= 11 is 0. The van der Waals surface area contributed by atoms with E-state index in [-0.39, 0.29) is 22.6 Å². The number of rotatable bonds is 8. The minimum absolute atomic E-state index is 0.0186. The first-order chi connectivity index (χ1) is 9.47. The predicted molar refractivity (Wildman–Crippen MR) is 88.0 cm³/mol. The van der Waals surface area contributed by atoms with Crippen molar-refractivity contribution in [2.45, 2.75) is 67.2 Å². The van der Waals surface area contributed by atoms with Gasteiger partial charge in [-0.2, -0.15) is 0 Å². The second-order valence-electron chi connectivity index (χ2n) is 7.94. The molecule has 0 saturated heterocycles. The van der Waals surface area contributed by atoms with Gasteiger partial charge in [0.2, 0.25) is 11.8 Å². The SMILES string of the molecule is CCN(C)C(=O)CC(C)(C)CCCNC(=O)CC(C)(C)C. The van der Waals surface area contributed by atoms with Gasteiger partial charge >= 0.3 is 0 Å². The molecule has 2 amide bonds. The van der Waals surface area contributed by atoms with Gasteiger partial charge in [-0.3, -0.25) is 9.59 Å². The van der Waals surface area contributed by atoms with Crippen LogP contribution in [-0.4, -0.2) is 36.9 Å². The Labute approximate surface area is 130 Å². The molecule has 0 atom stereocenters. The summed E-state index contributed by atoms with van der Waals surface area (Å²) in [6.45, 7) is 13.8. The van der Waals surface area contributed by atoms with Crippen LogP contribution in [0.5, 0.6) is 0 Å². The van der Waals surface area contributed by atoms with Gasteiger partial charge < -0.3 is 10.2 Å². The summed E-state index contributed by atoms with van der Waals surface area (Å²) in [6, 6.07) is 0. The fourth-order valence-corrected chi connectivity index (χ4v) is 2.15. The van der Waals surface area contributed by atoms with Gasteiger partial charge in [0.05, 0.1) is 0 Å². The van der Waals surface area contributed by atoms with Crippen LogP contribution in [0.2, 0.25) is 0 Å². The number of nitrogens with zero attached hydrogens (tertiary/aromatic N) is 1. The molecule has 0 radical (unpaired) electrons. The van der Waals surface area contributed by atoms with Crippen LogP contribution >= 0.6 is 0 Å². The molecule has 0 aromatic carbocycles. The number of carbonyl (C=O) groups is 2. The zero-order chi connectivity index (χ0) is 16.7. The number of nitrogens with one attached hydrogen (secondary N) is 1. The van der Waals surface area contributed by atoms with Gasteiger partial charge in [0.15, 0.2) is 0 Å². The molecule has 0 unspecified atom stereocenters. The Morgan fingerprint density at radius 3 is 2.10 bits per heavy atom. The predicted octanol–water partition coefficient (Wildman–Crippen LogP) is 3.21. The van der Waals surface area contributed by atoms with Crippen LogP contribution in [-0.2, 0) is 9.59 Å². The van der Waals surface area contributed by atoms with Crippen LogP contribution in [0.15, 0.2) is 0 Å². The maximum absolute atomic E-state index is 11.9. The van der Waals surface area contributed by atoms with Crippen molar-refractivity contribution in [1.29, 1.82) is 0 Å². The van der Waals surface area contributed by atoms with Crippen molar-refractivity contribution in [1.82, 2.24) is 10.2 Å². The maximum Gasteiger partial charge on any atom is 0.222 e. The quantitative estimate of drug-likeness (QED) is 0.700. The van der Waals surface area contributed by atoms with Crippen LogP contribution in [0.25, 0.3) is 0 Å². The van der Waals surface area contributed by atoms with Crippen molar-refractivity contribution < 1.29 is 9.59 Å². The normalized spacial score (nSPS) is 12.1. The van der Waals surface area contributed by atoms with Crippen LogP contribution < -0.4 is 5.32 Å². The first-order valence-corrected chi connectivity index (χ1v) is 7.97. The molecule has 0 aromatic heterocycles. The van der Waals surface area contributed by atoms with E-state index in [0.717, 1.165) is 19.4 Å². The first kappa shape index (κ1) is 19.9. The largest absolute Gasteiger partial charge is 0.356 e. The Morgan fingerprint density at radius 2 is 1.62 bits per heavy atom. The minimum Gasteiger partial charge on any atom is -0.356 e. The van der Waals surface area contributed by atoms with E-state index in [0.29, 0.717) is 19.4 Å². The van der Waals surface area contributed by atoms with E-state index in [2.05, 4.69) is 39.9 Å². The van der Waals surface area contributed by atoms with E-state index in [4.69, 9.17) is 0 Å². The Hall–Kier alpha value is -1.06. The molecule has 124 valence electrons. The third-order valence-electron chi connectivity index (χ3n) is 3.57. The highest BCUT2D eigenvalue weighted by Gasteiger charge is 2.23. The molecule has 0 fully saturated rings. The number of carbonyl (C=O) groups excluding carboxylic acids is 2. The molecule has 21 heavy (non-hydrogen) atoms. The average Bonchev–Trinajstić information content (AvgIpc) is 2.30. The molecule has 0 saturated carbocycles. The molecule has 1 N–H and O–H groups in total. The number of hydrogen-bond donors (Lipinski definition) is 1. The molecule has 0 aliphatic carbocycles. The molecule has 4 heteroatoms. The summed E-state index contributed by atoms with van der Waals surface area (Å²) in [6.07, 6.45) is 2.96. The summed E-state index contributed by atoms with van der Waals surface area (Å²) in [5.74, 6) is 0.307. The summed E-state index contributed by atoms with van der Waals surface area (Å²) in [5.41, 5.74) is 0.00970. The smallest absolute Gasteiger partial charge is 0.222 e. The summed E-state index contributed by atoms with van der Waals surface area (Å²) in [7, 11) is 1.84. The van der Waals surface area contributed by atoms with Gasteiger partial charge in [0, 0.05) is 33.0 Å². The third kappa shape index (κ3) is 10.3. The van der Waals surface area contributed by atoms with Gasteiger partial charge in [-0.25, -0.2) is 0 Å². The van der Waals surface area contributed by atoms with Gasteiger partial charge in [-0.05, 0) is 30.6 Å². The van der Waals surface area contributed by atoms with Crippen molar-refractivity contribution in [2.75, 3.05) is 20.1 Å². The summed E-state index contributed by atoms with van der Waals surface area (Å²) < 4.78 is 0. The fraction of sp³-hybridized carbons (Fsp3) is 0.882. The highest BCUT2D eigenvalue weighted by Crippen LogP contribution is 2.27. The lowest BCUT2D eigenvalue weighted by Crippen LogP contribution is -2.32. The Morgan fingerprint density at radius 1 is 1.05 bits per heavy atom. The van der Waals surface area contributed by atoms with Crippen LogP contribution in [0, 0.1) is 10.8 Å². The monoisotopic (exact) mass is 298 g/mol. The standard InChI is InChI=1S/C17H34N2O2/c1-8-19(7)15(21)13-17(5,6)10-9-11-18-14(20)12-16(2,3)4/h8-13H2,1-7H3,(H,18,20). The lowest BCUT2D eigenvalue weighted by Gasteiger charge is -2.26. The van der Waals surface area contributed by atoms with Crippen LogP contribution in [0.4, 0.5) is 0 Å². The highest BCUT2D eigenvalue weighted by atomic mass is 16.2. The van der Waals surface area contributed by atoms with Crippen molar-refractivity contribution >= 4 is 11.8 Å². The summed E-state index contributed by atoms with van der Waals surface area (Å²) in [5, 5.41) is 2.96. The van der Waals surface area contributed by atoms with Gasteiger partial charge in [0.25, 0.3) is 0 Å². The second kappa shape index (κ2) is 8.40. The van der Waals surface area contributed by atoms with Gasteiger partial charge in [0.1, 0.15) is 0 Å². The zero-order valence-electron chi connectivity index (χ0n) is 15.0. The Balaban J connectivity index is 4.00. The summed E-state index contributed by atoms with van der Waals surface area (Å²) in [4.78, 5) is 25.4. The van der Waals surface area contributed by atoms with Crippen molar-refractivity contribution in [2.24, 2.45) is 10.8 Å². The molecule has 0 aromatic rings. The second-order valence-corrected chi connectivity index (χ2v) is 7.94. The van der Waals surface area contributed by atoms with E-state index >= 15 is 0 Å². The first-order valence-electron chi connectivity index (χ1n) is 7.97. The lowest BCUT2D eigenvalue weighted by atomic mass is 9.84. The van der Waals surface area contributed by atoms with E-state index < -0.39 is 0 Å². The number of amides is 2. The molecule has 0 aliphatic heterocycles. The molecule has 0 bridgehead atoms.